The van der Waals surface area contributed by atoms with E-state index in [9.17, 15) is 0 Å². The molecule has 3 nitrogen and oxygen atoms in total. The summed E-state index contributed by atoms with van der Waals surface area (Å²) in [5.74, 6) is 1.21. The second-order valence-corrected chi connectivity index (χ2v) is 26.3. The summed E-state index contributed by atoms with van der Waals surface area (Å²) < 4.78 is 5.78. The minimum absolute atomic E-state index is 0.00920. The van der Waals surface area contributed by atoms with Gasteiger partial charge in [-0.1, -0.05) is 157 Å². The Bertz CT molecular complexity index is 3420. The van der Waals surface area contributed by atoms with Gasteiger partial charge in [-0.15, -0.1) is 0 Å². The molecular weight excluding hydrogens is 822 g/mol. The first kappa shape index (κ1) is 40.2. The third-order valence-electron chi connectivity index (χ3n) is 22.0. The molecule has 0 bridgehead atoms. The highest BCUT2D eigenvalue weighted by Crippen LogP contribution is 2.72. The first-order valence-corrected chi connectivity index (χ1v) is 28.0. The molecule has 5 fully saturated rings. The maximum absolute atomic E-state index is 6.56. The number of hydrogen-bond donors (Lipinski definition) is 0. The van der Waals surface area contributed by atoms with Gasteiger partial charge in [-0.2, -0.15) is 0 Å². The van der Waals surface area contributed by atoms with Crippen LogP contribution in [0.4, 0.5) is 0 Å². The van der Waals surface area contributed by atoms with Crippen LogP contribution in [0.25, 0.3) is 44.3 Å². The Morgan fingerprint density at radius 3 is 1.75 bits per heavy atom. The molecule has 0 radical (unpaired) electrons. The Labute approximate surface area is 404 Å². The van der Waals surface area contributed by atoms with E-state index in [0.29, 0.717) is 10.8 Å². The van der Waals surface area contributed by atoms with Crippen molar-refractivity contribution in [2.45, 2.75) is 208 Å². The lowest BCUT2D eigenvalue weighted by Gasteiger charge is -2.37. The topological polar surface area (TPSA) is 22.2 Å². The lowest BCUT2D eigenvalue weighted by Crippen LogP contribution is -2.52. The minimum atomic E-state index is -0.00920. The number of allylic oxidation sites excluding steroid dienone is 1. The summed E-state index contributed by atoms with van der Waals surface area (Å²) in [5, 5.41) is 2.94. The zero-order valence-corrected chi connectivity index (χ0v) is 41.8. The smallest absolute Gasteiger partial charge is 0.243 e. The average molecular weight is 892 g/mol. The molecule has 4 heteroatoms. The predicted molar refractivity (Wildman–Crippen MR) is 284 cm³/mol. The Morgan fingerprint density at radius 1 is 0.559 bits per heavy atom. The van der Waals surface area contributed by atoms with Crippen LogP contribution in [0.15, 0.2) is 72.2 Å². The zero-order valence-electron chi connectivity index (χ0n) is 41.8. The molecular formula is C64H70BN3. The van der Waals surface area contributed by atoms with E-state index in [0.717, 1.165) is 0 Å². The van der Waals surface area contributed by atoms with Crippen molar-refractivity contribution < 1.29 is 0 Å². The summed E-state index contributed by atoms with van der Waals surface area (Å²) >= 11 is 0. The maximum atomic E-state index is 6.56. The van der Waals surface area contributed by atoms with Crippen LogP contribution < -0.4 is 10.9 Å². The number of aromatic nitrogens is 3. The number of fused-ring (bicyclic) bond motifs is 19. The van der Waals surface area contributed by atoms with Gasteiger partial charge in [-0.05, 0) is 179 Å². The monoisotopic (exact) mass is 892 g/mol. The van der Waals surface area contributed by atoms with Crippen LogP contribution in [-0.2, 0) is 32.5 Å². The summed E-state index contributed by atoms with van der Waals surface area (Å²) in [6.07, 6.45) is 30.0. The van der Waals surface area contributed by atoms with Crippen LogP contribution in [0.1, 0.15) is 212 Å². The molecule has 0 saturated heterocycles. The lowest BCUT2D eigenvalue weighted by molar-refractivity contribution is 0.310. The van der Waals surface area contributed by atoms with Gasteiger partial charge in [0.1, 0.15) is 0 Å². The molecule has 68 heavy (non-hydrogen) atoms. The summed E-state index contributed by atoms with van der Waals surface area (Å²) in [5.41, 5.74) is 28.1. The van der Waals surface area contributed by atoms with E-state index in [-0.39, 0.29) is 28.4 Å². The van der Waals surface area contributed by atoms with Crippen molar-refractivity contribution in [3.63, 3.8) is 0 Å². The minimum Gasteiger partial charge on any atom is -0.280 e. The van der Waals surface area contributed by atoms with Crippen molar-refractivity contribution in [2.75, 3.05) is 0 Å². The molecule has 3 heterocycles. The molecule has 1 aliphatic heterocycles. The highest BCUT2D eigenvalue weighted by atomic mass is 15.2. The molecule has 0 atom stereocenters. The van der Waals surface area contributed by atoms with Crippen molar-refractivity contribution in [3.8, 4) is 0 Å². The van der Waals surface area contributed by atoms with E-state index in [2.05, 4.69) is 110 Å². The standard InChI is InChI=1S/C64H70BN3/c1-39-21-24-46-48-47(39)40(2)35-45-55(48)68(54-43-23-22-41(59(3,4)5)36-44(43)64(33-17-18-34-64)57(54)65(45)42-19-7-6-8-20-42)58-66-53-51-49(60(25-9-10-26-60)37-62(51)29-13-14-30-62)50-52(56(53)67(46)58)63(31-15-16-32-63)38-61(50)27-11-12-28-61/h6-8,19-24,35-36H,9-18,25-34,37-38H2,1-5H3. The summed E-state index contributed by atoms with van der Waals surface area (Å²) in [6.45, 7) is 12.3. The number of aryl methyl sites for hydroxylation is 2. The molecule has 9 aliphatic rings. The summed E-state index contributed by atoms with van der Waals surface area (Å²) in [6, 6.07) is 27.3. The highest BCUT2D eigenvalue weighted by molar-refractivity contribution is 6.94. The van der Waals surface area contributed by atoms with Crippen LogP contribution in [0.5, 0.6) is 0 Å². The van der Waals surface area contributed by atoms with E-state index in [1.807, 2.05) is 16.7 Å². The van der Waals surface area contributed by atoms with Crippen molar-refractivity contribution >= 4 is 62.0 Å². The highest BCUT2D eigenvalue weighted by Gasteiger charge is 2.64. The molecule has 0 amide bonds. The van der Waals surface area contributed by atoms with E-state index < -0.39 is 0 Å². The van der Waals surface area contributed by atoms with Crippen molar-refractivity contribution in [2.24, 2.45) is 0 Å². The SMILES string of the molecule is Cc1ccc2c3c1c(C)cc1c3n(c3nc4c5c(c6c(c4n23)C2(CCCC2)CC62CCCC2)C2(CCCC2)CC52CCCC2)C2=C(B1c1ccccc1)C1(CCCC1)c1cc(C(C)(C)C)ccc12. The van der Waals surface area contributed by atoms with Crippen molar-refractivity contribution in [3.05, 3.63) is 122 Å². The van der Waals surface area contributed by atoms with Crippen LogP contribution >= 0.6 is 0 Å². The second-order valence-electron chi connectivity index (χ2n) is 26.3. The molecule has 5 aromatic carbocycles. The molecule has 344 valence electrons. The predicted octanol–water partition coefficient (Wildman–Crippen LogP) is 14.8. The number of benzene rings is 5. The Balaban J connectivity index is 1.16. The number of rotatable bonds is 1. The largest absolute Gasteiger partial charge is 0.280 e. The van der Waals surface area contributed by atoms with Crippen LogP contribution in [0.2, 0.25) is 0 Å². The summed E-state index contributed by atoms with van der Waals surface area (Å²) in [4.78, 5) is 6.56. The fourth-order valence-electron chi connectivity index (χ4n) is 19.7. The Hall–Kier alpha value is -4.57. The molecule has 0 unspecified atom stereocenters. The fraction of sp³-hybridized carbons (Fsp3) is 0.516. The third kappa shape index (κ3) is 4.62. The molecule has 8 aliphatic carbocycles. The first-order valence-electron chi connectivity index (χ1n) is 28.0. The van der Waals surface area contributed by atoms with E-state index >= 15 is 0 Å². The Kier molecular flexibility index (Phi) is 7.71. The second kappa shape index (κ2) is 13.0. The Morgan fingerprint density at radius 2 is 1.13 bits per heavy atom. The third-order valence-corrected chi connectivity index (χ3v) is 22.0. The van der Waals surface area contributed by atoms with Gasteiger partial charge in [0.05, 0.1) is 22.1 Å². The van der Waals surface area contributed by atoms with Crippen molar-refractivity contribution in [1.29, 1.82) is 0 Å². The van der Waals surface area contributed by atoms with E-state index in [1.165, 1.54) is 213 Å². The number of nitrogens with zero attached hydrogens (tertiary/aromatic N) is 3. The lowest BCUT2D eigenvalue weighted by atomic mass is 9.31. The van der Waals surface area contributed by atoms with Gasteiger partial charge in [0.2, 0.25) is 12.5 Å². The molecule has 16 rings (SSSR count). The van der Waals surface area contributed by atoms with Gasteiger partial charge in [0, 0.05) is 22.1 Å². The molecule has 5 spiro atoms. The van der Waals surface area contributed by atoms with Crippen LogP contribution in [0, 0.1) is 13.8 Å². The molecule has 5 saturated carbocycles. The maximum Gasteiger partial charge on any atom is 0.243 e. The van der Waals surface area contributed by atoms with Gasteiger partial charge < -0.3 is 0 Å². The van der Waals surface area contributed by atoms with Crippen LogP contribution in [0.3, 0.4) is 0 Å². The van der Waals surface area contributed by atoms with Gasteiger partial charge >= 0.3 is 0 Å². The van der Waals surface area contributed by atoms with Gasteiger partial charge in [-0.3, -0.25) is 8.97 Å². The van der Waals surface area contributed by atoms with Crippen LogP contribution in [-0.4, -0.2) is 20.7 Å². The fourth-order valence-corrected chi connectivity index (χ4v) is 19.7. The van der Waals surface area contributed by atoms with Crippen molar-refractivity contribution in [1.82, 2.24) is 14.0 Å². The first-order chi connectivity index (χ1) is 33.0. The zero-order chi connectivity index (χ0) is 45.3. The van der Waals surface area contributed by atoms with Gasteiger partial charge in [-0.25, -0.2) is 4.98 Å². The van der Waals surface area contributed by atoms with E-state index in [1.54, 1.807) is 22.1 Å². The number of imidazole rings is 1. The molecule has 7 aromatic rings. The molecule has 2 aromatic heterocycles. The summed E-state index contributed by atoms with van der Waals surface area (Å²) in [7, 11) is 0. The van der Waals surface area contributed by atoms with E-state index in [4.69, 9.17) is 4.98 Å². The molecule has 0 N–H and O–H groups in total. The van der Waals surface area contributed by atoms with Gasteiger partial charge in [0.25, 0.3) is 0 Å². The quantitative estimate of drug-likeness (QED) is 0.151. The number of hydrogen-bond acceptors (Lipinski definition) is 1. The average Bonchev–Trinajstić information content (AvgIpc) is 4.21. The normalized spacial score (nSPS) is 24.0. The van der Waals surface area contributed by atoms with Gasteiger partial charge in [0.15, 0.2) is 0 Å².